The monoisotopic (exact) mass is 169 g/mol. The van der Waals surface area contributed by atoms with Gasteiger partial charge in [0.25, 0.3) is 0 Å². The standard InChI is InChI=1S/C10H19NO/c1-2-10-5-3-7-11(10)9(8-12)4-6-10/h9,12H,2-8H2,1H3. The van der Waals surface area contributed by atoms with Gasteiger partial charge in [-0.15, -0.1) is 0 Å². The first-order chi connectivity index (χ1) is 5.82. The Morgan fingerprint density at radius 2 is 2.33 bits per heavy atom. The fourth-order valence-electron chi connectivity index (χ4n) is 3.14. The van der Waals surface area contributed by atoms with Crippen LogP contribution in [0.1, 0.15) is 39.0 Å². The van der Waals surface area contributed by atoms with Gasteiger partial charge in [-0.05, 0) is 38.6 Å². The molecule has 0 radical (unpaired) electrons. The molecule has 0 aromatic heterocycles. The van der Waals surface area contributed by atoms with Gasteiger partial charge >= 0.3 is 0 Å². The number of nitrogens with zero attached hydrogens (tertiary/aromatic N) is 1. The Hall–Kier alpha value is -0.0800. The van der Waals surface area contributed by atoms with Crippen molar-refractivity contribution in [1.29, 1.82) is 0 Å². The average Bonchev–Trinajstić information content (AvgIpc) is 2.61. The molecule has 2 heterocycles. The van der Waals surface area contributed by atoms with Gasteiger partial charge in [-0.2, -0.15) is 0 Å². The molecular formula is C10H19NO. The quantitative estimate of drug-likeness (QED) is 0.675. The van der Waals surface area contributed by atoms with Crippen molar-refractivity contribution in [3.63, 3.8) is 0 Å². The van der Waals surface area contributed by atoms with E-state index in [1.165, 1.54) is 38.6 Å². The van der Waals surface area contributed by atoms with Crippen LogP contribution < -0.4 is 0 Å². The van der Waals surface area contributed by atoms with Crippen LogP contribution in [-0.4, -0.2) is 34.7 Å². The van der Waals surface area contributed by atoms with E-state index in [2.05, 4.69) is 11.8 Å². The van der Waals surface area contributed by atoms with E-state index in [1.807, 2.05) is 0 Å². The Morgan fingerprint density at radius 3 is 3.00 bits per heavy atom. The van der Waals surface area contributed by atoms with Crippen LogP contribution >= 0.6 is 0 Å². The van der Waals surface area contributed by atoms with Crippen LogP contribution in [0.25, 0.3) is 0 Å². The van der Waals surface area contributed by atoms with Gasteiger partial charge in [0.1, 0.15) is 0 Å². The van der Waals surface area contributed by atoms with Crippen LogP contribution in [0, 0.1) is 0 Å². The third kappa shape index (κ3) is 1.01. The average molecular weight is 169 g/mol. The highest BCUT2D eigenvalue weighted by Crippen LogP contribution is 2.44. The Balaban J connectivity index is 2.14. The van der Waals surface area contributed by atoms with Crippen LogP contribution in [0.3, 0.4) is 0 Å². The van der Waals surface area contributed by atoms with Crippen LogP contribution in [0.2, 0.25) is 0 Å². The fourth-order valence-corrected chi connectivity index (χ4v) is 3.14. The zero-order valence-electron chi connectivity index (χ0n) is 7.92. The summed E-state index contributed by atoms with van der Waals surface area (Å²) >= 11 is 0. The molecule has 0 aromatic rings. The van der Waals surface area contributed by atoms with Crippen molar-refractivity contribution in [1.82, 2.24) is 4.90 Å². The molecule has 0 amide bonds. The minimum absolute atomic E-state index is 0.363. The second-order valence-corrected chi connectivity index (χ2v) is 4.25. The SMILES string of the molecule is CCC12CCCN1C(CO)CC2. The minimum atomic E-state index is 0.363. The van der Waals surface area contributed by atoms with Crippen molar-refractivity contribution in [2.45, 2.75) is 50.6 Å². The Labute approximate surface area is 74.6 Å². The Bertz CT molecular complexity index is 171. The van der Waals surface area contributed by atoms with Crippen molar-refractivity contribution in [3.05, 3.63) is 0 Å². The second-order valence-electron chi connectivity index (χ2n) is 4.25. The topological polar surface area (TPSA) is 23.5 Å². The molecule has 0 spiro atoms. The summed E-state index contributed by atoms with van der Waals surface area (Å²) in [6.45, 7) is 3.87. The maximum atomic E-state index is 9.18. The summed E-state index contributed by atoms with van der Waals surface area (Å²) in [6, 6.07) is 0.479. The zero-order valence-corrected chi connectivity index (χ0v) is 7.92. The highest BCUT2D eigenvalue weighted by atomic mass is 16.3. The predicted octanol–water partition coefficient (Wildman–Crippen LogP) is 1.39. The summed E-state index contributed by atoms with van der Waals surface area (Å²) in [5.41, 5.74) is 0.493. The smallest absolute Gasteiger partial charge is 0.0587 e. The van der Waals surface area contributed by atoms with Crippen molar-refractivity contribution in [2.24, 2.45) is 0 Å². The van der Waals surface area contributed by atoms with E-state index in [9.17, 15) is 5.11 Å². The first-order valence-corrected chi connectivity index (χ1v) is 5.20. The highest BCUT2D eigenvalue weighted by Gasteiger charge is 2.47. The van der Waals surface area contributed by atoms with Gasteiger partial charge in [0, 0.05) is 11.6 Å². The number of hydrogen-bond donors (Lipinski definition) is 1. The van der Waals surface area contributed by atoms with E-state index in [1.54, 1.807) is 0 Å². The van der Waals surface area contributed by atoms with Gasteiger partial charge in [0.05, 0.1) is 6.61 Å². The molecule has 0 bridgehead atoms. The Morgan fingerprint density at radius 1 is 1.50 bits per heavy atom. The molecule has 2 heteroatoms. The molecular weight excluding hydrogens is 150 g/mol. The summed E-state index contributed by atoms with van der Waals surface area (Å²) in [6.07, 6.45) is 6.49. The van der Waals surface area contributed by atoms with E-state index < -0.39 is 0 Å². The predicted molar refractivity (Wildman–Crippen MR) is 49.1 cm³/mol. The lowest BCUT2D eigenvalue weighted by molar-refractivity contribution is 0.103. The lowest BCUT2D eigenvalue weighted by Gasteiger charge is -2.33. The molecule has 2 aliphatic heterocycles. The third-order valence-electron chi connectivity index (χ3n) is 3.90. The molecule has 2 unspecified atom stereocenters. The molecule has 2 aliphatic rings. The largest absolute Gasteiger partial charge is 0.395 e. The summed E-state index contributed by atoms with van der Waals surface area (Å²) in [5.74, 6) is 0. The van der Waals surface area contributed by atoms with Crippen LogP contribution in [0.5, 0.6) is 0 Å². The zero-order chi connectivity index (χ0) is 8.60. The summed E-state index contributed by atoms with van der Waals surface area (Å²) in [7, 11) is 0. The number of rotatable bonds is 2. The molecule has 0 aliphatic carbocycles. The van der Waals surface area contributed by atoms with Crippen molar-refractivity contribution in [3.8, 4) is 0 Å². The number of fused-ring (bicyclic) bond motifs is 1. The molecule has 12 heavy (non-hydrogen) atoms. The summed E-state index contributed by atoms with van der Waals surface area (Å²) in [4.78, 5) is 2.56. The molecule has 2 fully saturated rings. The number of hydrogen-bond acceptors (Lipinski definition) is 2. The number of aliphatic hydroxyl groups excluding tert-OH is 1. The van der Waals surface area contributed by atoms with E-state index in [-0.39, 0.29) is 0 Å². The lowest BCUT2D eigenvalue weighted by Crippen LogP contribution is -2.42. The minimum Gasteiger partial charge on any atom is -0.395 e. The first-order valence-electron chi connectivity index (χ1n) is 5.20. The van der Waals surface area contributed by atoms with Gasteiger partial charge in [-0.25, -0.2) is 0 Å². The third-order valence-corrected chi connectivity index (χ3v) is 3.90. The summed E-state index contributed by atoms with van der Waals surface area (Å²) < 4.78 is 0. The molecule has 2 rings (SSSR count). The molecule has 2 saturated heterocycles. The second kappa shape index (κ2) is 3.00. The van der Waals surface area contributed by atoms with Gasteiger partial charge in [-0.3, -0.25) is 4.90 Å². The van der Waals surface area contributed by atoms with Crippen molar-refractivity contribution in [2.75, 3.05) is 13.2 Å². The fraction of sp³-hybridized carbons (Fsp3) is 1.00. The van der Waals surface area contributed by atoms with Crippen molar-refractivity contribution < 1.29 is 5.11 Å². The van der Waals surface area contributed by atoms with Crippen LogP contribution in [-0.2, 0) is 0 Å². The van der Waals surface area contributed by atoms with E-state index in [0.29, 0.717) is 18.2 Å². The molecule has 1 N–H and O–H groups in total. The van der Waals surface area contributed by atoms with Crippen LogP contribution in [0.15, 0.2) is 0 Å². The van der Waals surface area contributed by atoms with Gasteiger partial charge in [0.15, 0.2) is 0 Å². The van der Waals surface area contributed by atoms with Crippen molar-refractivity contribution >= 4 is 0 Å². The maximum absolute atomic E-state index is 9.18. The molecule has 2 nitrogen and oxygen atoms in total. The molecule has 0 saturated carbocycles. The molecule has 0 aromatic carbocycles. The van der Waals surface area contributed by atoms with E-state index in [4.69, 9.17) is 0 Å². The molecule has 2 atom stereocenters. The van der Waals surface area contributed by atoms with E-state index >= 15 is 0 Å². The maximum Gasteiger partial charge on any atom is 0.0587 e. The Kier molecular flexibility index (Phi) is 2.13. The van der Waals surface area contributed by atoms with Gasteiger partial charge < -0.3 is 5.11 Å². The first kappa shape index (κ1) is 8.52. The van der Waals surface area contributed by atoms with E-state index in [0.717, 1.165) is 0 Å². The van der Waals surface area contributed by atoms with Gasteiger partial charge in [0.2, 0.25) is 0 Å². The normalized spacial score (nSPS) is 42.0. The lowest BCUT2D eigenvalue weighted by atomic mass is 9.91. The molecule has 70 valence electrons. The number of aliphatic hydroxyl groups is 1. The van der Waals surface area contributed by atoms with Gasteiger partial charge in [-0.1, -0.05) is 6.92 Å². The van der Waals surface area contributed by atoms with Crippen LogP contribution in [0.4, 0.5) is 0 Å². The highest BCUT2D eigenvalue weighted by molar-refractivity contribution is 5.03. The summed E-state index contributed by atoms with van der Waals surface area (Å²) in [5, 5.41) is 9.18.